The van der Waals surface area contributed by atoms with Crippen molar-refractivity contribution in [3.8, 4) is 0 Å². The molecule has 15 heteroatoms. The molecule has 2 aromatic carbocycles. The fraction of sp³-hybridized carbons (Fsp3) is 0.462. The van der Waals surface area contributed by atoms with Crippen molar-refractivity contribution in [3.63, 3.8) is 0 Å². The van der Waals surface area contributed by atoms with E-state index in [0.717, 1.165) is 23.0 Å². The highest BCUT2D eigenvalue weighted by Crippen LogP contribution is 2.45. The summed E-state index contributed by atoms with van der Waals surface area (Å²) in [5, 5.41) is 0. The Labute approximate surface area is 228 Å². The topological polar surface area (TPSA) is 59.1 Å². The molecule has 0 N–H and O–H groups in total. The SMILES string of the molecule is COC(=O)N(Cc1cc(C(F)(F)F)cc(C(F)(F)F)c1)C1CC(C)N(C(=O)OC(C)C)c2cc(C(F)(F)F)ccc21. The number of amides is 2. The third-order valence-electron chi connectivity index (χ3n) is 6.30. The summed E-state index contributed by atoms with van der Waals surface area (Å²) in [7, 11) is 0.925. The molecule has 1 heterocycles. The number of rotatable bonds is 4. The van der Waals surface area contributed by atoms with Gasteiger partial charge in [0.1, 0.15) is 0 Å². The summed E-state index contributed by atoms with van der Waals surface area (Å²) in [5.41, 5.74) is -5.22. The number of alkyl halides is 9. The first kappa shape index (κ1) is 31.9. The van der Waals surface area contributed by atoms with Gasteiger partial charge in [0.25, 0.3) is 0 Å². The molecule has 41 heavy (non-hydrogen) atoms. The summed E-state index contributed by atoms with van der Waals surface area (Å²) in [5.74, 6) is 0. The van der Waals surface area contributed by atoms with Gasteiger partial charge in [-0.25, -0.2) is 9.59 Å². The predicted molar refractivity (Wildman–Crippen MR) is 127 cm³/mol. The number of hydrogen-bond acceptors (Lipinski definition) is 4. The monoisotopic (exact) mass is 600 g/mol. The number of carbonyl (C=O) groups is 2. The molecule has 226 valence electrons. The molecule has 0 saturated heterocycles. The second kappa shape index (κ2) is 11.3. The van der Waals surface area contributed by atoms with Crippen LogP contribution in [-0.2, 0) is 34.5 Å². The van der Waals surface area contributed by atoms with E-state index in [4.69, 9.17) is 9.47 Å². The van der Waals surface area contributed by atoms with Gasteiger partial charge < -0.3 is 9.47 Å². The Hall–Kier alpha value is -3.65. The molecular weight excluding hydrogens is 575 g/mol. The highest BCUT2D eigenvalue weighted by Gasteiger charge is 2.42. The molecule has 0 bridgehead atoms. The summed E-state index contributed by atoms with van der Waals surface area (Å²) in [6.45, 7) is 3.66. The summed E-state index contributed by atoms with van der Waals surface area (Å²) in [6.07, 6.45) is -18.1. The first-order valence-electron chi connectivity index (χ1n) is 12.1. The average molecular weight is 600 g/mol. The van der Waals surface area contributed by atoms with Crippen molar-refractivity contribution in [2.24, 2.45) is 0 Å². The van der Waals surface area contributed by atoms with E-state index in [1.165, 1.54) is 20.8 Å². The van der Waals surface area contributed by atoms with Gasteiger partial charge in [-0.15, -0.1) is 0 Å². The van der Waals surface area contributed by atoms with Gasteiger partial charge >= 0.3 is 30.7 Å². The minimum absolute atomic E-state index is 0.0229. The molecule has 2 amide bonds. The largest absolute Gasteiger partial charge is 0.453 e. The Balaban J connectivity index is 2.18. The lowest BCUT2D eigenvalue weighted by molar-refractivity contribution is -0.143. The maximum atomic E-state index is 13.6. The van der Waals surface area contributed by atoms with Gasteiger partial charge in [0.2, 0.25) is 0 Å². The smallest absolute Gasteiger partial charge is 0.416 e. The number of anilines is 1. The Morgan fingerprint density at radius 1 is 0.902 bits per heavy atom. The number of carbonyl (C=O) groups excluding carboxylic acids is 2. The minimum Gasteiger partial charge on any atom is -0.453 e. The zero-order chi connectivity index (χ0) is 31.1. The summed E-state index contributed by atoms with van der Waals surface area (Å²) in [6, 6.07) is 1.04. The van der Waals surface area contributed by atoms with E-state index in [1.807, 2.05) is 0 Å². The maximum Gasteiger partial charge on any atom is 0.416 e. The first-order chi connectivity index (χ1) is 18.7. The van der Waals surface area contributed by atoms with Crippen LogP contribution in [0.3, 0.4) is 0 Å². The van der Waals surface area contributed by atoms with Crippen LogP contribution in [0.15, 0.2) is 36.4 Å². The van der Waals surface area contributed by atoms with Crippen LogP contribution in [-0.4, -0.2) is 36.3 Å². The van der Waals surface area contributed by atoms with E-state index < -0.39 is 77.7 Å². The molecule has 2 atom stereocenters. The van der Waals surface area contributed by atoms with Crippen LogP contribution in [0, 0.1) is 0 Å². The van der Waals surface area contributed by atoms with Crippen LogP contribution >= 0.6 is 0 Å². The highest BCUT2D eigenvalue weighted by atomic mass is 19.4. The fourth-order valence-electron chi connectivity index (χ4n) is 4.56. The van der Waals surface area contributed by atoms with Crippen molar-refractivity contribution in [1.82, 2.24) is 4.90 Å². The van der Waals surface area contributed by atoms with Crippen molar-refractivity contribution in [2.75, 3.05) is 12.0 Å². The Morgan fingerprint density at radius 3 is 1.90 bits per heavy atom. The molecule has 0 radical (unpaired) electrons. The van der Waals surface area contributed by atoms with Gasteiger partial charge in [0.15, 0.2) is 0 Å². The van der Waals surface area contributed by atoms with Crippen molar-refractivity contribution < 1.29 is 58.6 Å². The molecule has 1 aliphatic rings. The molecule has 0 aliphatic carbocycles. The van der Waals surface area contributed by atoms with Crippen molar-refractivity contribution in [3.05, 3.63) is 64.2 Å². The molecule has 3 rings (SSSR count). The summed E-state index contributed by atoms with van der Waals surface area (Å²) < 4.78 is 131. The van der Waals surface area contributed by atoms with Crippen molar-refractivity contribution in [1.29, 1.82) is 0 Å². The van der Waals surface area contributed by atoms with Gasteiger partial charge in [-0.2, -0.15) is 39.5 Å². The number of ether oxygens (including phenoxy) is 2. The molecule has 0 aromatic heterocycles. The van der Waals surface area contributed by atoms with E-state index in [-0.39, 0.29) is 23.7 Å². The summed E-state index contributed by atoms with van der Waals surface area (Å²) >= 11 is 0. The molecular formula is C26H25F9N2O4. The van der Waals surface area contributed by atoms with E-state index in [0.29, 0.717) is 24.3 Å². The van der Waals surface area contributed by atoms with Gasteiger partial charge in [-0.1, -0.05) is 6.07 Å². The van der Waals surface area contributed by atoms with Crippen molar-refractivity contribution >= 4 is 17.9 Å². The quantitative estimate of drug-likeness (QED) is 0.332. The zero-order valence-electron chi connectivity index (χ0n) is 22.0. The Morgan fingerprint density at radius 2 is 1.44 bits per heavy atom. The van der Waals surface area contributed by atoms with Crippen LogP contribution < -0.4 is 4.90 Å². The Kier molecular flexibility index (Phi) is 8.80. The van der Waals surface area contributed by atoms with Crippen LogP contribution in [0.25, 0.3) is 0 Å². The van der Waals surface area contributed by atoms with Crippen molar-refractivity contribution in [2.45, 2.75) is 70.5 Å². The van der Waals surface area contributed by atoms with Crippen LogP contribution in [0.2, 0.25) is 0 Å². The lowest BCUT2D eigenvalue weighted by atomic mass is 9.89. The normalized spacial score (nSPS) is 17.8. The van der Waals surface area contributed by atoms with Gasteiger partial charge in [0.05, 0.1) is 41.6 Å². The van der Waals surface area contributed by atoms with Crippen LogP contribution in [0.5, 0.6) is 0 Å². The number of fused-ring (bicyclic) bond motifs is 1. The molecule has 1 aliphatic heterocycles. The van der Waals surface area contributed by atoms with E-state index in [2.05, 4.69) is 0 Å². The van der Waals surface area contributed by atoms with Gasteiger partial charge in [0, 0.05) is 12.6 Å². The van der Waals surface area contributed by atoms with Crippen LogP contribution in [0.4, 0.5) is 54.8 Å². The van der Waals surface area contributed by atoms with Gasteiger partial charge in [-0.3, -0.25) is 9.80 Å². The number of nitrogens with zero attached hydrogens (tertiary/aromatic N) is 2. The molecule has 6 nitrogen and oxygen atoms in total. The molecule has 0 spiro atoms. The van der Waals surface area contributed by atoms with E-state index in [1.54, 1.807) is 0 Å². The number of halogens is 9. The minimum atomic E-state index is -5.15. The number of hydrogen-bond donors (Lipinski definition) is 0. The molecule has 2 unspecified atom stereocenters. The third kappa shape index (κ3) is 7.17. The molecule has 0 saturated carbocycles. The summed E-state index contributed by atoms with van der Waals surface area (Å²) in [4.78, 5) is 27.5. The second-order valence-electron chi connectivity index (χ2n) is 9.69. The van der Waals surface area contributed by atoms with E-state index in [9.17, 15) is 49.1 Å². The second-order valence-corrected chi connectivity index (χ2v) is 9.69. The standard InChI is InChI=1S/C26H25F9N2O4/c1-13(2)41-23(39)37-14(3)7-20(19-6-5-16(11-21(19)37)24(27,28)29)36(22(38)40-4)12-15-8-17(25(30,31)32)10-18(9-15)26(33,34)35/h5-6,8-11,13-14,20H,7,12H2,1-4H3. The van der Waals surface area contributed by atoms with E-state index >= 15 is 0 Å². The maximum absolute atomic E-state index is 13.6. The number of methoxy groups -OCH3 is 1. The average Bonchev–Trinajstić information content (AvgIpc) is 2.83. The van der Waals surface area contributed by atoms with Gasteiger partial charge in [-0.05, 0) is 68.7 Å². The predicted octanol–water partition coefficient (Wildman–Crippen LogP) is 8.20. The zero-order valence-corrected chi connectivity index (χ0v) is 22.0. The first-order valence-corrected chi connectivity index (χ1v) is 12.1. The Bertz CT molecular complexity index is 1260. The fourth-order valence-corrected chi connectivity index (χ4v) is 4.56. The highest BCUT2D eigenvalue weighted by molar-refractivity contribution is 5.90. The molecule has 2 aromatic rings. The lowest BCUT2D eigenvalue weighted by Gasteiger charge is -2.43. The number of benzene rings is 2. The van der Waals surface area contributed by atoms with Crippen LogP contribution in [0.1, 0.15) is 61.1 Å². The lowest BCUT2D eigenvalue weighted by Crippen LogP contribution is -2.48. The molecule has 0 fully saturated rings. The third-order valence-corrected chi connectivity index (χ3v) is 6.30.